The Morgan fingerprint density at radius 1 is 1.57 bits per heavy atom. The minimum absolute atomic E-state index is 0.156. The second-order valence-corrected chi connectivity index (χ2v) is 3.54. The van der Waals surface area contributed by atoms with E-state index < -0.39 is 0 Å². The highest BCUT2D eigenvalue weighted by Gasteiger charge is 1.99. The molecule has 0 saturated heterocycles. The van der Waals surface area contributed by atoms with Gasteiger partial charge in [-0.2, -0.15) is 0 Å². The lowest BCUT2D eigenvalue weighted by molar-refractivity contribution is -0.121. The zero-order chi connectivity index (χ0) is 10.4. The Morgan fingerprint density at radius 3 is 2.93 bits per heavy atom. The number of carbonyl (C=O) groups is 1. The maximum absolute atomic E-state index is 11.1. The number of carbonyl (C=O) groups excluding carboxylic acids is 1. The lowest BCUT2D eigenvalue weighted by Gasteiger charge is -2.02. The van der Waals surface area contributed by atoms with E-state index >= 15 is 0 Å². The maximum Gasteiger partial charge on any atom is 0.219 e. The first kappa shape index (κ1) is 10.8. The van der Waals surface area contributed by atoms with Crippen LogP contribution >= 0.6 is 0 Å². The van der Waals surface area contributed by atoms with Crippen LogP contribution in [0, 0.1) is 0 Å². The highest BCUT2D eigenvalue weighted by molar-refractivity contribution is 5.75. The van der Waals surface area contributed by atoms with Crippen molar-refractivity contribution in [1.29, 1.82) is 0 Å². The van der Waals surface area contributed by atoms with Crippen molar-refractivity contribution in [1.82, 2.24) is 9.88 Å². The highest BCUT2D eigenvalue weighted by Crippen LogP contribution is 1.99. The van der Waals surface area contributed by atoms with Gasteiger partial charge in [0.25, 0.3) is 0 Å². The van der Waals surface area contributed by atoms with Crippen LogP contribution in [0.2, 0.25) is 0 Å². The molecular formula is C11H18N2O. The summed E-state index contributed by atoms with van der Waals surface area (Å²) in [6.07, 6.45) is 6.55. The van der Waals surface area contributed by atoms with E-state index in [1.165, 1.54) is 5.56 Å². The van der Waals surface area contributed by atoms with Crippen LogP contribution in [-0.2, 0) is 18.3 Å². The van der Waals surface area contributed by atoms with Crippen molar-refractivity contribution in [3.8, 4) is 0 Å². The molecule has 0 atom stereocenters. The summed E-state index contributed by atoms with van der Waals surface area (Å²) < 4.78 is 2.02. The third-order valence-corrected chi connectivity index (χ3v) is 2.11. The topological polar surface area (TPSA) is 34.0 Å². The molecular weight excluding hydrogens is 176 g/mol. The molecule has 0 aliphatic rings. The van der Waals surface area contributed by atoms with Crippen molar-refractivity contribution in [3.05, 3.63) is 24.0 Å². The van der Waals surface area contributed by atoms with Crippen LogP contribution in [-0.4, -0.2) is 17.0 Å². The van der Waals surface area contributed by atoms with Crippen molar-refractivity contribution in [2.45, 2.75) is 26.2 Å². The van der Waals surface area contributed by atoms with Crippen LogP contribution in [0.1, 0.15) is 25.3 Å². The maximum atomic E-state index is 11.1. The number of aromatic nitrogens is 1. The molecule has 0 radical (unpaired) electrons. The molecule has 1 rings (SSSR count). The number of hydrogen-bond donors (Lipinski definition) is 1. The van der Waals surface area contributed by atoms with Crippen LogP contribution in [0.5, 0.6) is 0 Å². The van der Waals surface area contributed by atoms with Gasteiger partial charge in [-0.15, -0.1) is 0 Å². The number of amides is 1. The molecule has 78 valence electrons. The molecule has 0 aliphatic heterocycles. The average Bonchev–Trinajstić information content (AvgIpc) is 2.52. The predicted octanol–water partition coefficient (Wildman–Crippen LogP) is 1.48. The van der Waals surface area contributed by atoms with E-state index in [-0.39, 0.29) is 5.91 Å². The summed E-state index contributed by atoms with van der Waals surface area (Å²) in [5.41, 5.74) is 1.27. The van der Waals surface area contributed by atoms with Gasteiger partial charge in [0.1, 0.15) is 0 Å². The lowest BCUT2D eigenvalue weighted by atomic mass is 10.2. The minimum Gasteiger partial charge on any atom is -0.357 e. The van der Waals surface area contributed by atoms with E-state index in [1.807, 2.05) is 24.7 Å². The van der Waals surface area contributed by atoms with Gasteiger partial charge in [0.05, 0.1) is 0 Å². The molecule has 1 aromatic rings. The molecule has 0 aliphatic carbocycles. The van der Waals surface area contributed by atoms with Gasteiger partial charge in [-0.05, 0) is 24.5 Å². The fraction of sp³-hybridized carbons (Fsp3) is 0.545. The van der Waals surface area contributed by atoms with Gasteiger partial charge in [0.15, 0.2) is 0 Å². The summed E-state index contributed by atoms with van der Waals surface area (Å²) in [6.45, 7) is 2.75. The highest BCUT2D eigenvalue weighted by atomic mass is 16.1. The van der Waals surface area contributed by atoms with Crippen molar-refractivity contribution >= 4 is 5.91 Å². The fourth-order valence-corrected chi connectivity index (χ4v) is 1.37. The van der Waals surface area contributed by atoms with E-state index in [0.717, 1.165) is 19.4 Å². The van der Waals surface area contributed by atoms with Crippen molar-refractivity contribution in [2.24, 2.45) is 7.05 Å². The second kappa shape index (κ2) is 5.47. The summed E-state index contributed by atoms with van der Waals surface area (Å²) in [5.74, 6) is 0.156. The van der Waals surface area contributed by atoms with Crippen LogP contribution < -0.4 is 5.32 Å². The molecule has 0 bridgehead atoms. The monoisotopic (exact) mass is 194 g/mol. The first-order valence-electron chi connectivity index (χ1n) is 5.10. The van der Waals surface area contributed by atoms with E-state index in [1.54, 1.807) is 0 Å². The van der Waals surface area contributed by atoms with Crippen LogP contribution in [0.4, 0.5) is 0 Å². The molecule has 0 saturated carbocycles. The Morgan fingerprint density at radius 2 is 2.36 bits per heavy atom. The van der Waals surface area contributed by atoms with Crippen molar-refractivity contribution in [2.75, 3.05) is 6.54 Å². The van der Waals surface area contributed by atoms with Gasteiger partial charge in [-0.25, -0.2) is 0 Å². The standard InChI is InChI=1S/C11H18N2O/c1-3-4-11(14)12-7-5-10-6-8-13(2)9-10/h6,8-9H,3-5,7H2,1-2H3,(H,12,14). The van der Waals surface area contributed by atoms with Crippen LogP contribution in [0.3, 0.4) is 0 Å². The summed E-state index contributed by atoms with van der Waals surface area (Å²) in [4.78, 5) is 11.1. The molecule has 14 heavy (non-hydrogen) atoms. The molecule has 0 spiro atoms. The molecule has 3 heteroatoms. The SMILES string of the molecule is CCCC(=O)NCCc1ccn(C)c1. The smallest absolute Gasteiger partial charge is 0.219 e. The summed E-state index contributed by atoms with van der Waals surface area (Å²) >= 11 is 0. The van der Waals surface area contributed by atoms with E-state index in [2.05, 4.69) is 17.6 Å². The Bertz CT molecular complexity index is 291. The number of nitrogens with one attached hydrogen (secondary N) is 1. The van der Waals surface area contributed by atoms with Crippen molar-refractivity contribution in [3.63, 3.8) is 0 Å². The number of nitrogens with zero attached hydrogens (tertiary/aromatic N) is 1. The van der Waals surface area contributed by atoms with Gasteiger partial charge in [-0.1, -0.05) is 6.92 Å². The Hall–Kier alpha value is -1.25. The van der Waals surface area contributed by atoms with Gasteiger partial charge in [-0.3, -0.25) is 4.79 Å². The van der Waals surface area contributed by atoms with E-state index in [0.29, 0.717) is 6.42 Å². The summed E-state index contributed by atoms with van der Waals surface area (Å²) in [6, 6.07) is 2.08. The fourth-order valence-electron chi connectivity index (χ4n) is 1.37. The number of hydrogen-bond acceptors (Lipinski definition) is 1. The zero-order valence-corrected chi connectivity index (χ0v) is 8.92. The van der Waals surface area contributed by atoms with Gasteiger partial charge >= 0.3 is 0 Å². The summed E-state index contributed by atoms with van der Waals surface area (Å²) in [7, 11) is 2.00. The van der Waals surface area contributed by atoms with Gasteiger partial charge in [0, 0.05) is 32.4 Å². The molecule has 1 heterocycles. The Balaban J connectivity index is 2.18. The molecule has 0 fully saturated rings. The quantitative estimate of drug-likeness (QED) is 0.757. The molecule has 1 aromatic heterocycles. The minimum atomic E-state index is 0.156. The summed E-state index contributed by atoms with van der Waals surface area (Å²) in [5, 5.41) is 2.89. The lowest BCUT2D eigenvalue weighted by Crippen LogP contribution is -2.24. The second-order valence-electron chi connectivity index (χ2n) is 3.54. The van der Waals surface area contributed by atoms with Crippen LogP contribution in [0.25, 0.3) is 0 Å². The Labute approximate surface area is 85.1 Å². The largest absolute Gasteiger partial charge is 0.357 e. The molecule has 3 nitrogen and oxygen atoms in total. The first-order valence-corrected chi connectivity index (χ1v) is 5.10. The third-order valence-electron chi connectivity index (χ3n) is 2.11. The average molecular weight is 194 g/mol. The zero-order valence-electron chi connectivity index (χ0n) is 8.92. The van der Waals surface area contributed by atoms with E-state index in [9.17, 15) is 4.79 Å². The third kappa shape index (κ3) is 3.64. The van der Waals surface area contributed by atoms with Crippen LogP contribution in [0.15, 0.2) is 18.5 Å². The Kier molecular flexibility index (Phi) is 4.23. The van der Waals surface area contributed by atoms with Crippen molar-refractivity contribution < 1.29 is 4.79 Å². The molecule has 0 aromatic carbocycles. The molecule has 1 N–H and O–H groups in total. The predicted molar refractivity (Wildman–Crippen MR) is 57.0 cm³/mol. The number of aryl methyl sites for hydroxylation is 1. The van der Waals surface area contributed by atoms with Gasteiger partial charge < -0.3 is 9.88 Å². The van der Waals surface area contributed by atoms with Gasteiger partial charge in [0.2, 0.25) is 5.91 Å². The number of rotatable bonds is 5. The first-order chi connectivity index (χ1) is 6.72. The molecule has 1 amide bonds. The normalized spacial score (nSPS) is 10.1. The molecule has 0 unspecified atom stereocenters. The van der Waals surface area contributed by atoms with E-state index in [4.69, 9.17) is 0 Å².